The Hall–Kier alpha value is -3.30. The third-order valence-electron chi connectivity index (χ3n) is 7.30. The maximum Gasteiger partial charge on any atom is 0.231 e. The van der Waals surface area contributed by atoms with Crippen molar-refractivity contribution in [3.8, 4) is 17.2 Å². The van der Waals surface area contributed by atoms with Crippen LogP contribution in [0, 0.1) is 28.5 Å². The molecular formula is C29H30FN3OS. The molecule has 2 heterocycles. The van der Waals surface area contributed by atoms with E-state index in [0.717, 1.165) is 28.8 Å². The van der Waals surface area contributed by atoms with Crippen LogP contribution in [0.5, 0.6) is 0 Å². The van der Waals surface area contributed by atoms with Crippen LogP contribution >= 0.6 is 11.3 Å². The summed E-state index contributed by atoms with van der Waals surface area (Å²) in [6, 6.07) is 18.7. The van der Waals surface area contributed by atoms with Gasteiger partial charge in [0.2, 0.25) is 5.91 Å². The van der Waals surface area contributed by atoms with Crippen LogP contribution < -0.4 is 0 Å². The van der Waals surface area contributed by atoms with E-state index in [1.807, 2.05) is 24.3 Å². The van der Waals surface area contributed by atoms with Crippen LogP contribution in [-0.2, 0) is 16.6 Å². The van der Waals surface area contributed by atoms with E-state index in [2.05, 4.69) is 24.4 Å². The van der Waals surface area contributed by atoms with Crippen LogP contribution in [0.3, 0.4) is 0 Å². The lowest BCUT2D eigenvalue weighted by atomic mass is 9.68. The fraction of sp³-hybridized carbons (Fsp3) is 0.345. The largest absolute Gasteiger partial charge is 0.304 e. The van der Waals surface area contributed by atoms with Gasteiger partial charge in [0.25, 0.3) is 0 Å². The standard InChI is InChI=1S/C29H30FN3OS/c1-29(26-17-23(19-35-26)22-11-5-8-20(16-22)18-31)15-7-14-27(32)33(2)28(34)24(29)12-6-10-21-9-3-4-13-25(21)30/h3-5,8-9,11,13,16-17,19,24,32H,6-7,10,12,14-15H2,1-2H3/t24?,29-/m0/s1. The Morgan fingerprint density at radius 2 is 2.00 bits per heavy atom. The molecule has 35 heavy (non-hydrogen) atoms. The number of benzene rings is 2. The molecule has 0 aliphatic carbocycles. The van der Waals surface area contributed by atoms with Crippen molar-refractivity contribution >= 4 is 23.1 Å². The molecule has 2 atom stereocenters. The summed E-state index contributed by atoms with van der Waals surface area (Å²) in [5.74, 6) is -0.194. The quantitative estimate of drug-likeness (QED) is 0.409. The van der Waals surface area contributed by atoms with Gasteiger partial charge >= 0.3 is 0 Å². The molecule has 1 aromatic heterocycles. The van der Waals surface area contributed by atoms with E-state index in [-0.39, 0.29) is 17.6 Å². The van der Waals surface area contributed by atoms with Crippen molar-refractivity contribution in [2.75, 3.05) is 7.05 Å². The summed E-state index contributed by atoms with van der Waals surface area (Å²) in [5, 5.41) is 19.7. The summed E-state index contributed by atoms with van der Waals surface area (Å²) in [6.45, 7) is 2.17. The van der Waals surface area contributed by atoms with Crippen LogP contribution in [0.4, 0.5) is 4.39 Å². The molecule has 4 rings (SSSR count). The highest BCUT2D eigenvalue weighted by Gasteiger charge is 2.43. The number of thiophene rings is 1. The van der Waals surface area contributed by atoms with Crippen molar-refractivity contribution in [2.45, 2.75) is 50.9 Å². The van der Waals surface area contributed by atoms with Gasteiger partial charge in [0, 0.05) is 29.7 Å². The highest BCUT2D eigenvalue weighted by atomic mass is 32.1. The molecule has 6 heteroatoms. The Balaban J connectivity index is 1.65. The second-order valence-electron chi connectivity index (χ2n) is 9.54. The molecule has 1 fully saturated rings. The minimum atomic E-state index is -0.392. The van der Waals surface area contributed by atoms with Gasteiger partial charge in [0.05, 0.1) is 11.6 Å². The summed E-state index contributed by atoms with van der Waals surface area (Å²) in [4.78, 5) is 16.3. The van der Waals surface area contributed by atoms with Crippen molar-refractivity contribution in [1.82, 2.24) is 4.90 Å². The van der Waals surface area contributed by atoms with Crippen molar-refractivity contribution in [2.24, 2.45) is 5.92 Å². The first kappa shape index (κ1) is 24.8. The second kappa shape index (κ2) is 10.5. The molecule has 4 nitrogen and oxygen atoms in total. The van der Waals surface area contributed by atoms with Gasteiger partial charge in [-0.3, -0.25) is 10.2 Å². The minimum Gasteiger partial charge on any atom is -0.304 e. The van der Waals surface area contributed by atoms with Crippen molar-refractivity contribution in [1.29, 1.82) is 10.7 Å². The van der Waals surface area contributed by atoms with E-state index in [4.69, 9.17) is 5.41 Å². The van der Waals surface area contributed by atoms with E-state index in [1.165, 1.54) is 11.0 Å². The van der Waals surface area contributed by atoms with Gasteiger partial charge in [-0.05, 0) is 78.4 Å². The van der Waals surface area contributed by atoms with E-state index >= 15 is 0 Å². The highest BCUT2D eigenvalue weighted by Crippen LogP contribution is 2.45. The van der Waals surface area contributed by atoms with Crippen LogP contribution in [0.15, 0.2) is 60.0 Å². The number of likely N-dealkylation sites (tertiary alicyclic amines) is 1. The van der Waals surface area contributed by atoms with Gasteiger partial charge in [-0.2, -0.15) is 5.26 Å². The van der Waals surface area contributed by atoms with E-state index in [0.29, 0.717) is 42.6 Å². The second-order valence-corrected chi connectivity index (χ2v) is 10.5. The van der Waals surface area contributed by atoms with Gasteiger partial charge in [-0.1, -0.05) is 37.3 Å². The number of rotatable bonds is 6. The number of carbonyl (C=O) groups excluding carboxylic acids is 1. The molecule has 0 bridgehead atoms. The number of amidine groups is 1. The van der Waals surface area contributed by atoms with Crippen LogP contribution in [0.2, 0.25) is 0 Å². The fourth-order valence-corrected chi connectivity index (χ4v) is 6.26. The van der Waals surface area contributed by atoms with Crippen molar-refractivity contribution in [3.05, 3.63) is 81.8 Å². The maximum atomic E-state index is 14.2. The van der Waals surface area contributed by atoms with Crippen molar-refractivity contribution < 1.29 is 9.18 Å². The number of halogens is 1. The normalized spacial score (nSPS) is 20.9. The molecule has 0 saturated carbocycles. The van der Waals surface area contributed by atoms with Crippen LogP contribution in [0.1, 0.15) is 55.0 Å². The number of nitrogens with zero attached hydrogens (tertiary/aromatic N) is 2. The predicted molar refractivity (Wildman–Crippen MR) is 139 cm³/mol. The molecule has 1 N–H and O–H groups in total. The zero-order valence-electron chi connectivity index (χ0n) is 20.2. The molecule has 1 saturated heterocycles. The van der Waals surface area contributed by atoms with Gasteiger partial charge in [-0.15, -0.1) is 11.3 Å². The number of nitrogens with one attached hydrogen (secondary N) is 1. The summed E-state index contributed by atoms with van der Waals surface area (Å²) in [5.41, 5.74) is 2.93. The zero-order valence-corrected chi connectivity index (χ0v) is 21.0. The molecule has 1 amide bonds. The molecule has 0 radical (unpaired) electrons. The van der Waals surface area contributed by atoms with Crippen LogP contribution in [-0.4, -0.2) is 23.7 Å². The van der Waals surface area contributed by atoms with Gasteiger partial charge < -0.3 is 4.90 Å². The third-order valence-corrected chi connectivity index (χ3v) is 8.51. The molecule has 3 aromatic rings. The summed E-state index contributed by atoms with van der Waals surface area (Å²) < 4.78 is 14.2. The first-order chi connectivity index (χ1) is 16.8. The topological polar surface area (TPSA) is 68.0 Å². The number of hydrogen-bond donors (Lipinski definition) is 1. The monoisotopic (exact) mass is 487 g/mol. The molecule has 1 aliphatic rings. The first-order valence-electron chi connectivity index (χ1n) is 12.0. The number of amides is 1. The van der Waals surface area contributed by atoms with Gasteiger partial charge in [-0.25, -0.2) is 4.39 Å². The third kappa shape index (κ3) is 5.21. The molecule has 1 unspecified atom stereocenters. The summed E-state index contributed by atoms with van der Waals surface area (Å²) in [7, 11) is 1.70. The zero-order chi connectivity index (χ0) is 25.0. The average Bonchev–Trinajstić information content (AvgIpc) is 3.37. The SMILES string of the molecule is CN1C(=N)CCC[C@](C)(c2cc(-c3cccc(C#N)c3)cs2)C(CCCc2ccccc2F)C1=O. The highest BCUT2D eigenvalue weighted by molar-refractivity contribution is 7.10. The van der Waals surface area contributed by atoms with E-state index in [1.54, 1.807) is 36.6 Å². The summed E-state index contributed by atoms with van der Waals surface area (Å²) >= 11 is 1.65. The lowest BCUT2D eigenvalue weighted by Crippen LogP contribution is -2.47. The Labute approximate surface area is 210 Å². The van der Waals surface area contributed by atoms with Gasteiger partial charge in [0.15, 0.2) is 0 Å². The number of nitriles is 1. The lowest BCUT2D eigenvalue weighted by Gasteiger charge is -2.40. The number of hydrogen-bond acceptors (Lipinski definition) is 4. The Kier molecular flexibility index (Phi) is 7.47. The van der Waals surface area contributed by atoms with E-state index in [9.17, 15) is 14.4 Å². The van der Waals surface area contributed by atoms with Gasteiger partial charge in [0.1, 0.15) is 11.7 Å². The Morgan fingerprint density at radius 3 is 2.77 bits per heavy atom. The van der Waals surface area contributed by atoms with Crippen LogP contribution in [0.25, 0.3) is 11.1 Å². The molecular weight excluding hydrogens is 457 g/mol. The fourth-order valence-electron chi connectivity index (χ4n) is 5.09. The van der Waals surface area contributed by atoms with Crippen molar-refractivity contribution in [3.63, 3.8) is 0 Å². The molecule has 1 aliphatic heterocycles. The lowest BCUT2D eigenvalue weighted by molar-refractivity contribution is -0.133. The minimum absolute atomic E-state index is 0.0350. The Bertz CT molecular complexity index is 1280. The summed E-state index contributed by atoms with van der Waals surface area (Å²) in [6.07, 6.45) is 4.09. The maximum absolute atomic E-state index is 14.2. The first-order valence-corrected chi connectivity index (χ1v) is 12.9. The smallest absolute Gasteiger partial charge is 0.231 e. The molecule has 180 valence electrons. The number of carbonyl (C=O) groups is 1. The van der Waals surface area contributed by atoms with E-state index < -0.39 is 5.41 Å². The molecule has 2 aromatic carbocycles. The Morgan fingerprint density at radius 1 is 1.20 bits per heavy atom. The predicted octanol–water partition coefficient (Wildman–Crippen LogP) is 6.94. The number of aryl methyl sites for hydroxylation is 1. The average molecular weight is 488 g/mol. The molecule has 0 spiro atoms.